The second-order valence-corrected chi connectivity index (χ2v) is 8.69. The van der Waals surface area contributed by atoms with E-state index in [2.05, 4.69) is 46.1 Å². The second-order valence-electron chi connectivity index (χ2n) is 7.73. The quantitative estimate of drug-likeness (QED) is 0.773. The molecule has 1 unspecified atom stereocenters. The average molecular weight is 384 g/mol. The highest BCUT2D eigenvalue weighted by Crippen LogP contribution is 2.32. The molecule has 0 spiro atoms. The van der Waals surface area contributed by atoms with Crippen LogP contribution < -0.4 is 0 Å². The number of hydrogen-bond acceptors (Lipinski definition) is 4. The van der Waals surface area contributed by atoms with Crippen molar-refractivity contribution in [2.24, 2.45) is 0 Å². The molecule has 4 rings (SSSR count). The van der Waals surface area contributed by atoms with Crippen LogP contribution >= 0.6 is 11.3 Å². The summed E-state index contributed by atoms with van der Waals surface area (Å²) >= 11 is 1.76. The molecule has 1 atom stereocenters. The summed E-state index contributed by atoms with van der Waals surface area (Å²) in [6.07, 6.45) is 7.36. The van der Waals surface area contributed by atoms with E-state index in [-0.39, 0.29) is 5.91 Å². The Labute approximate surface area is 166 Å². The van der Waals surface area contributed by atoms with Crippen molar-refractivity contribution in [2.45, 2.75) is 65.1 Å². The first kappa shape index (κ1) is 18.6. The van der Waals surface area contributed by atoms with E-state index >= 15 is 0 Å². The van der Waals surface area contributed by atoms with Gasteiger partial charge in [0.1, 0.15) is 0 Å². The number of pyridine rings is 1. The van der Waals surface area contributed by atoms with E-state index in [1.165, 1.54) is 16.0 Å². The number of carbonyl (C=O) groups is 1. The Kier molecular flexibility index (Phi) is 5.60. The number of thiophene rings is 1. The molecule has 2 aromatic rings. The number of hydrogen-bond donors (Lipinski definition) is 0. The van der Waals surface area contributed by atoms with E-state index < -0.39 is 0 Å². The summed E-state index contributed by atoms with van der Waals surface area (Å²) in [5, 5.41) is 2.11. The van der Waals surface area contributed by atoms with E-state index in [4.69, 9.17) is 0 Å². The van der Waals surface area contributed by atoms with Crippen LogP contribution in [0.4, 0.5) is 0 Å². The van der Waals surface area contributed by atoms with Gasteiger partial charge in [-0.15, -0.1) is 11.3 Å². The van der Waals surface area contributed by atoms with Crippen molar-refractivity contribution in [3.8, 4) is 0 Å². The number of fused-ring (bicyclic) bond motifs is 1. The molecule has 4 nitrogen and oxygen atoms in total. The molecule has 1 saturated heterocycles. The van der Waals surface area contributed by atoms with Crippen LogP contribution in [0.3, 0.4) is 0 Å². The highest BCUT2D eigenvalue weighted by atomic mass is 32.1. The van der Waals surface area contributed by atoms with Crippen molar-refractivity contribution in [3.05, 3.63) is 51.0 Å². The number of aromatic nitrogens is 1. The van der Waals surface area contributed by atoms with Crippen LogP contribution in [0, 0.1) is 0 Å². The maximum absolute atomic E-state index is 13.1. The van der Waals surface area contributed by atoms with Gasteiger partial charge >= 0.3 is 0 Å². The molecule has 2 aromatic heterocycles. The van der Waals surface area contributed by atoms with Crippen LogP contribution in [0.15, 0.2) is 23.7 Å². The number of amides is 1. The summed E-state index contributed by atoms with van der Waals surface area (Å²) in [4.78, 5) is 23.6. The van der Waals surface area contributed by atoms with E-state index in [0.717, 1.165) is 69.5 Å². The molecular formula is C22H29N3OS. The second kappa shape index (κ2) is 8.11. The first-order chi connectivity index (χ1) is 13.2. The zero-order valence-corrected chi connectivity index (χ0v) is 17.2. The summed E-state index contributed by atoms with van der Waals surface area (Å²) in [7, 11) is 0. The number of carbonyl (C=O) groups excluding carboxylic acids is 1. The van der Waals surface area contributed by atoms with Gasteiger partial charge < -0.3 is 4.90 Å². The van der Waals surface area contributed by atoms with Gasteiger partial charge in [0.25, 0.3) is 5.91 Å². The Hall–Kier alpha value is -1.72. The zero-order chi connectivity index (χ0) is 18.8. The highest BCUT2D eigenvalue weighted by molar-refractivity contribution is 7.10. The molecule has 0 saturated carbocycles. The number of likely N-dealkylation sites (tertiary alicyclic amines) is 1. The minimum Gasteiger partial charge on any atom is -0.336 e. The molecule has 144 valence electrons. The fourth-order valence-corrected chi connectivity index (χ4v) is 5.48. The van der Waals surface area contributed by atoms with Crippen molar-refractivity contribution in [1.29, 1.82) is 0 Å². The molecule has 0 bridgehead atoms. The van der Waals surface area contributed by atoms with Gasteiger partial charge in [0.2, 0.25) is 0 Å². The van der Waals surface area contributed by atoms with Crippen LogP contribution in [0.1, 0.15) is 65.2 Å². The van der Waals surface area contributed by atoms with E-state index in [0.29, 0.717) is 6.04 Å². The molecule has 27 heavy (non-hydrogen) atoms. The molecule has 4 heterocycles. The van der Waals surface area contributed by atoms with Crippen LogP contribution in [-0.2, 0) is 25.9 Å². The van der Waals surface area contributed by atoms with Crippen LogP contribution in [0.25, 0.3) is 0 Å². The molecular weight excluding hydrogens is 354 g/mol. The molecule has 0 radical (unpaired) electrons. The minimum atomic E-state index is 0.266. The molecule has 5 heteroatoms. The summed E-state index contributed by atoms with van der Waals surface area (Å²) in [5.74, 6) is 0.266. The molecule has 2 aliphatic rings. The third kappa shape index (κ3) is 3.81. The Balaban J connectivity index is 1.44. The average Bonchev–Trinajstić information content (AvgIpc) is 3.34. The van der Waals surface area contributed by atoms with Crippen molar-refractivity contribution >= 4 is 17.2 Å². The molecule has 1 amide bonds. The van der Waals surface area contributed by atoms with Gasteiger partial charge in [-0.05, 0) is 49.3 Å². The van der Waals surface area contributed by atoms with Crippen LogP contribution in [0.2, 0.25) is 0 Å². The van der Waals surface area contributed by atoms with E-state index in [1.54, 1.807) is 11.3 Å². The predicted octanol–water partition coefficient (Wildman–Crippen LogP) is 4.28. The van der Waals surface area contributed by atoms with Crippen molar-refractivity contribution in [1.82, 2.24) is 14.8 Å². The SMILES string of the molecule is CCc1ccc(CN2CCc3c(C(=O)N4CCCC4CC)csc3C2)nc1. The Morgan fingerprint density at radius 3 is 2.93 bits per heavy atom. The zero-order valence-electron chi connectivity index (χ0n) is 16.4. The van der Waals surface area contributed by atoms with Gasteiger partial charge in [0.05, 0.1) is 11.3 Å². The summed E-state index contributed by atoms with van der Waals surface area (Å²) in [5.41, 5.74) is 4.69. The number of nitrogens with zero attached hydrogens (tertiary/aromatic N) is 3. The van der Waals surface area contributed by atoms with E-state index in [9.17, 15) is 4.79 Å². The summed E-state index contributed by atoms with van der Waals surface area (Å²) < 4.78 is 0. The Morgan fingerprint density at radius 1 is 1.30 bits per heavy atom. The smallest absolute Gasteiger partial charge is 0.255 e. The maximum Gasteiger partial charge on any atom is 0.255 e. The van der Waals surface area contributed by atoms with Crippen LogP contribution in [-0.4, -0.2) is 39.8 Å². The maximum atomic E-state index is 13.1. The number of rotatable bonds is 5. The first-order valence-corrected chi connectivity index (χ1v) is 11.1. The monoisotopic (exact) mass is 383 g/mol. The van der Waals surface area contributed by atoms with Gasteiger partial charge in [0.15, 0.2) is 0 Å². The lowest BCUT2D eigenvalue weighted by atomic mass is 10.0. The predicted molar refractivity (Wildman–Crippen MR) is 110 cm³/mol. The summed E-state index contributed by atoms with van der Waals surface area (Å²) in [6.45, 7) is 8.09. The normalized spacial score (nSPS) is 20.1. The van der Waals surface area contributed by atoms with Crippen molar-refractivity contribution in [2.75, 3.05) is 13.1 Å². The molecule has 0 aliphatic carbocycles. The first-order valence-electron chi connectivity index (χ1n) is 10.3. The van der Waals surface area contributed by atoms with Crippen molar-refractivity contribution < 1.29 is 4.79 Å². The lowest BCUT2D eigenvalue weighted by molar-refractivity contribution is 0.0732. The third-order valence-electron chi connectivity index (χ3n) is 6.05. The molecule has 1 fully saturated rings. The Morgan fingerprint density at radius 2 is 2.19 bits per heavy atom. The topological polar surface area (TPSA) is 36.4 Å². The molecule has 0 aromatic carbocycles. The van der Waals surface area contributed by atoms with Gasteiger partial charge in [-0.2, -0.15) is 0 Å². The molecule has 2 aliphatic heterocycles. The number of aryl methyl sites for hydroxylation is 1. The molecule has 0 N–H and O–H groups in total. The minimum absolute atomic E-state index is 0.266. The van der Waals surface area contributed by atoms with Crippen molar-refractivity contribution in [3.63, 3.8) is 0 Å². The van der Waals surface area contributed by atoms with Gasteiger partial charge in [-0.25, -0.2) is 0 Å². The van der Waals surface area contributed by atoms with Gasteiger partial charge in [-0.3, -0.25) is 14.7 Å². The summed E-state index contributed by atoms with van der Waals surface area (Å²) in [6, 6.07) is 4.76. The lowest BCUT2D eigenvalue weighted by Crippen LogP contribution is -2.36. The highest BCUT2D eigenvalue weighted by Gasteiger charge is 2.31. The fourth-order valence-electron chi connectivity index (χ4n) is 4.36. The van der Waals surface area contributed by atoms with Crippen LogP contribution in [0.5, 0.6) is 0 Å². The lowest BCUT2D eigenvalue weighted by Gasteiger charge is -2.28. The van der Waals surface area contributed by atoms with Gasteiger partial charge in [0, 0.05) is 48.7 Å². The van der Waals surface area contributed by atoms with Gasteiger partial charge in [-0.1, -0.05) is 19.9 Å². The third-order valence-corrected chi connectivity index (χ3v) is 7.06. The fraction of sp³-hybridized carbons (Fsp3) is 0.545. The standard InChI is InChI=1S/C22H29N3OS/c1-3-16-7-8-17(23-12-16)13-24-11-9-19-20(15-27-21(19)14-24)22(26)25-10-5-6-18(25)4-2/h7-8,12,15,18H,3-6,9-11,13-14H2,1-2H3. The Bertz CT molecular complexity index is 798. The largest absolute Gasteiger partial charge is 0.336 e. The van der Waals surface area contributed by atoms with E-state index in [1.807, 2.05) is 6.20 Å².